The van der Waals surface area contributed by atoms with Crippen molar-refractivity contribution in [2.24, 2.45) is 11.3 Å². The Bertz CT molecular complexity index is 518. The molecule has 1 aromatic rings. The first-order valence-corrected chi connectivity index (χ1v) is 6.86. The SMILES string of the molecule is CC(=O)C(C(C)=O)C(NC(=O)C(C)(C)C)c1cccnc1. The van der Waals surface area contributed by atoms with E-state index in [1.165, 1.54) is 13.8 Å². The number of Topliss-reactive ketones (excluding diaryl/α,β-unsaturated/α-hetero) is 2. The van der Waals surface area contributed by atoms with Gasteiger partial charge in [-0.15, -0.1) is 0 Å². The Kier molecular flexibility index (Phi) is 5.35. The molecule has 0 saturated carbocycles. The largest absolute Gasteiger partial charge is 0.348 e. The van der Waals surface area contributed by atoms with Crippen LogP contribution in [0.5, 0.6) is 0 Å². The Balaban J connectivity index is 3.21. The average Bonchev–Trinajstić information content (AvgIpc) is 2.36. The molecule has 1 rings (SSSR count). The number of pyridine rings is 1. The van der Waals surface area contributed by atoms with Crippen LogP contribution in [-0.4, -0.2) is 22.5 Å². The molecular weight excluding hydrogens is 268 g/mol. The van der Waals surface area contributed by atoms with Gasteiger partial charge in [0, 0.05) is 17.8 Å². The first-order valence-electron chi connectivity index (χ1n) is 6.86. The van der Waals surface area contributed by atoms with Gasteiger partial charge in [0.2, 0.25) is 5.91 Å². The molecular formula is C16H22N2O3. The average molecular weight is 290 g/mol. The van der Waals surface area contributed by atoms with Crippen LogP contribution in [0, 0.1) is 11.3 Å². The molecule has 1 N–H and O–H groups in total. The van der Waals surface area contributed by atoms with Crippen molar-refractivity contribution in [1.82, 2.24) is 10.3 Å². The van der Waals surface area contributed by atoms with Gasteiger partial charge in [-0.05, 0) is 25.5 Å². The van der Waals surface area contributed by atoms with Crippen molar-refractivity contribution in [2.75, 3.05) is 0 Å². The number of carbonyl (C=O) groups excluding carboxylic acids is 3. The second-order valence-electron chi connectivity index (χ2n) is 6.19. The van der Waals surface area contributed by atoms with Gasteiger partial charge < -0.3 is 5.32 Å². The zero-order valence-corrected chi connectivity index (χ0v) is 13.1. The smallest absolute Gasteiger partial charge is 0.225 e. The Morgan fingerprint density at radius 3 is 2.10 bits per heavy atom. The number of rotatable bonds is 5. The van der Waals surface area contributed by atoms with Crippen LogP contribution >= 0.6 is 0 Å². The topological polar surface area (TPSA) is 76.1 Å². The molecule has 1 amide bonds. The fraction of sp³-hybridized carbons (Fsp3) is 0.500. The minimum atomic E-state index is -0.902. The molecule has 0 saturated heterocycles. The second kappa shape index (κ2) is 6.61. The Morgan fingerprint density at radius 1 is 1.14 bits per heavy atom. The molecule has 0 radical (unpaired) electrons. The second-order valence-corrected chi connectivity index (χ2v) is 6.19. The molecule has 0 fully saturated rings. The molecule has 0 bridgehead atoms. The summed E-state index contributed by atoms with van der Waals surface area (Å²) >= 11 is 0. The molecule has 114 valence electrons. The molecule has 1 unspecified atom stereocenters. The van der Waals surface area contributed by atoms with E-state index in [1.54, 1.807) is 45.3 Å². The van der Waals surface area contributed by atoms with Gasteiger partial charge in [0.05, 0.1) is 6.04 Å². The van der Waals surface area contributed by atoms with Gasteiger partial charge in [0.25, 0.3) is 0 Å². The predicted molar refractivity (Wildman–Crippen MR) is 79.4 cm³/mol. The molecule has 0 aliphatic carbocycles. The normalized spacial score (nSPS) is 12.9. The van der Waals surface area contributed by atoms with Gasteiger partial charge in [-0.3, -0.25) is 19.4 Å². The maximum atomic E-state index is 12.2. The van der Waals surface area contributed by atoms with E-state index in [-0.39, 0.29) is 17.5 Å². The van der Waals surface area contributed by atoms with E-state index in [2.05, 4.69) is 10.3 Å². The van der Waals surface area contributed by atoms with Gasteiger partial charge >= 0.3 is 0 Å². The van der Waals surface area contributed by atoms with Crippen LogP contribution in [0.25, 0.3) is 0 Å². The molecule has 0 spiro atoms. The highest BCUT2D eigenvalue weighted by Gasteiger charge is 2.34. The van der Waals surface area contributed by atoms with Crippen molar-refractivity contribution in [1.29, 1.82) is 0 Å². The number of aromatic nitrogens is 1. The summed E-state index contributed by atoms with van der Waals surface area (Å²) in [6, 6.07) is 2.77. The molecule has 0 aliphatic rings. The fourth-order valence-electron chi connectivity index (χ4n) is 2.03. The first kappa shape index (κ1) is 17.0. The van der Waals surface area contributed by atoms with Crippen LogP contribution in [0.1, 0.15) is 46.2 Å². The van der Waals surface area contributed by atoms with Crippen molar-refractivity contribution >= 4 is 17.5 Å². The summed E-state index contributed by atoms with van der Waals surface area (Å²) in [6.45, 7) is 8.05. The lowest BCUT2D eigenvalue weighted by Crippen LogP contribution is -2.43. The van der Waals surface area contributed by atoms with Crippen LogP contribution in [0.3, 0.4) is 0 Å². The molecule has 1 heterocycles. The van der Waals surface area contributed by atoms with Crippen LogP contribution < -0.4 is 5.32 Å². The number of carbonyl (C=O) groups is 3. The number of ketones is 2. The Labute approximate surface area is 125 Å². The van der Waals surface area contributed by atoms with E-state index in [9.17, 15) is 14.4 Å². The van der Waals surface area contributed by atoms with E-state index in [0.29, 0.717) is 5.56 Å². The summed E-state index contributed by atoms with van der Waals surface area (Å²) in [5.74, 6) is -1.67. The van der Waals surface area contributed by atoms with E-state index < -0.39 is 17.4 Å². The van der Waals surface area contributed by atoms with E-state index in [1.807, 2.05) is 0 Å². The lowest BCUT2D eigenvalue weighted by atomic mass is 9.86. The third-order valence-corrected chi connectivity index (χ3v) is 3.22. The fourth-order valence-corrected chi connectivity index (χ4v) is 2.03. The van der Waals surface area contributed by atoms with E-state index in [0.717, 1.165) is 0 Å². The molecule has 1 atom stereocenters. The highest BCUT2D eigenvalue weighted by atomic mass is 16.2. The summed E-state index contributed by atoms with van der Waals surface area (Å²) in [6.07, 6.45) is 3.16. The van der Waals surface area contributed by atoms with Gasteiger partial charge in [-0.2, -0.15) is 0 Å². The Morgan fingerprint density at radius 2 is 1.71 bits per heavy atom. The third-order valence-electron chi connectivity index (χ3n) is 3.22. The highest BCUT2D eigenvalue weighted by Crippen LogP contribution is 2.25. The number of hydrogen-bond acceptors (Lipinski definition) is 4. The summed E-state index contributed by atoms with van der Waals surface area (Å²) < 4.78 is 0. The van der Waals surface area contributed by atoms with Crippen molar-refractivity contribution in [2.45, 2.75) is 40.7 Å². The van der Waals surface area contributed by atoms with Crippen LogP contribution in [0.2, 0.25) is 0 Å². The molecule has 1 aromatic heterocycles. The summed E-state index contributed by atoms with van der Waals surface area (Å²) in [5, 5.41) is 2.82. The molecule has 21 heavy (non-hydrogen) atoms. The maximum Gasteiger partial charge on any atom is 0.225 e. The first-order chi connectivity index (χ1) is 9.64. The zero-order chi connectivity index (χ0) is 16.2. The van der Waals surface area contributed by atoms with Gasteiger partial charge in [-0.1, -0.05) is 26.8 Å². The maximum absolute atomic E-state index is 12.2. The van der Waals surface area contributed by atoms with Gasteiger partial charge in [0.1, 0.15) is 17.5 Å². The predicted octanol–water partition coefficient (Wildman–Crippen LogP) is 2.08. The van der Waals surface area contributed by atoms with Crippen molar-refractivity contribution in [3.8, 4) is 0 Å². The zero-order valence-electron chi connectivity index (χ0n) is 13.1. The monoisotopic (exact) mass is 290 g/mol. The summed E-state index contributed by atoms with van der Waals surface area (Å²) in [4.78, 5) is 39.9. The van der Waals surface area contributed by atoms with Gasteiger partial charge in [0.15, 0.2) is 0 Å². The minimum Gasteiger partial charge on any atom is -0.348 e. The standard InChI is InChI=1S/C16H22N2O3/c1-10(19)13(11(2)20)14(12-7-6-8-17-9-12)18-15(21)16(3,4)5/h6-9,13-14H,1-5H3,(H,18,21). The van der Waals surface area contributed by atoms with Crippen LogP contribution in [-0.2, 0) is 14.4 Å². The lowest BCUT2D eigenvalue weighted by molar-refractivity contribution is -0.134. The van der Waals surface area contributed by atoms with Crippen molar-refractivity contribution < 1.29 is 14.4 Å². The molecule has 5 heteroatoms. The van der Waals surface area contributed by atoms with Crippen LogP contribution in [0.15, 0.2) is 24.5 Å². The summed E-state index contributed by atoms with van der Waals surface area (Å²) in [5.41, 5.74) is 0.0315. The quantitative estimate of drug-likeness (QED) is 0.842. The number of nitrogens with one attached hydrogen (secondary N) is 1. The Hall–Kier alpha value is -2.04. The summed E-state index contributed by atoms with van der Waals surface area (Å²) in [7, 11) is 0. The molecule has 0 aliphatic heterocycles. The number of amides is 1. The highest BCUT2D eigenvalue weighted by molar-refractivity contribution is 6.01. The van der Waals surface area contributed by atoms with Crippen molar-refractivity contribution in [3.05, 3.63) is 30.1 Å². The lowest BCUT2D eigenvalue weighted by Gasteiger charge is -2.28. The molecule has 5 nitrogen and oxygen atoms in total. The number of nitrogens with zero attached hydrogens (tertiary/aromatic N) is 1. The number of hydrogen-bond donors (Lipinski definition) is 1. The van der Waals surface area contributed by atoms with E-state index >= 15 is 0 Å². The molecule has 0 aromatic carbocycles. The van der Waals surface area contributed by atoms with Crippen molar-refractivity contribution in [3.63, 3.8) is 0 Å². The third kappa shape index (κ3) is 4.48. The van der Waals surface area contributed by atoms with Gasteiger partial charge in [-0.25, -0.2) is 0 Å². The van der Waals surface area contributed by atoms with E-state index in [4.69, 9.17) is 0 Å². The minimum absolute atomic E-state index is 0.219. The van der Waals surface area contributed by atoms with Crippen LogP contribution in [0.4, 0.5) is 0 Å².